The van der Waals surface area contributed by atoms with Gasteiger partial charge in [0.05, 0.1) is 12.2 Å². The zero-order valence-electron chi connectivity index (χ0n) is 13.9. The zero-order chi connectivity index (χ0) is 14.7. The smallest absolute Gasteiger partial charge is 0.0986 e. The molecule has 6 unspecified atom stereocenters. The lowest BCUT2D eigenvalue weighted by molar-refractivity contribution is -0.135. The van der Waals surface area contributed by atoms with Crippen LogP contribution in [0.25, 0.3) is 0 Å². The third-order valence-electron chi connectivity index (χ3n) is 5.35. The largest absolute Gasteiger partial charge is 0.377 e. The molecule has 0 aromatic rings. The highest BCUT2D eigenvalue weighted by Crippen LogP contribution is 2.36. The first-order valence-corrected chi connectivity index (χ1v) is 8.47. The Bertz CT molecular complexity index is 295. The van der Waals surface area contributed by atoms with Gasteiger partial charge in [-0.15, -0.1) is 0 Å². The van der Waals surface area contributed by atoms with E-state index in [4.69, 9.17) is 9.47 Å². The van der Waals surface area contributed by atoms with Crippen LogP contribution in [0.4, 0.5) is 0 Å². The van der Waals surface area contributed by atoms with Gasteiger partial charge in [0.15, 0.2) is 0 Å². The summed E-state index contributed by atoms with van der Waals surface area (Å²) in [5.74, 6) is 2.44. The van der Waals surface area contributed by atoms with Gasteiger partial charge in [-0.2, -0.15) is 0 Å². The molecule has 0 bridgehead atoms. The summed E-state index contributed by atoms with van der Waals surface area (Å²) in [6.07, 6.45) is 5.70. The number of nitrogens with one attached hydrogen (secondary N) is 1. The minimum Gasteiger partial charge on any atom is -0.377 e. The van der Waals surface area contributed by atoms with Crippen LogP contribution in [0.15, 0.2) is 0 Å². The minimum atomic E-state index is 0.236. The average Bonchev–Trinajstić information content (AvgIpc) is 2.37. The maximum Gasteiger partial charge on any atom is 0.0986 e. The average molecular weight is 283 g/mol. The van der Waals surface area contributed by atoms with Crippen molar-refractivity contribution in [3.05, 3.63) is 0 Å². The lowest BCUT2D eigenvalue weighted by atomic mass is 9.72. The standard InChI is InChI=1S/C17H33NO2/c1-6-20-16-10-15(17(16)19-5)18-14-9-12(4)7-8-13(14)11(2)3/h11-18H,6-10H2,1-5H3. The molecule has 2 aliphatic rings. The maximum absolute atomic E-state index is 5.73. The highest BCUT2D eigenvalue weighted by atomic mass is 16.5. The van der Waals surface area contributed by atoms with Crippen LogP contribution in [-0.2, 0) is 9.47 Å². The van der Waals surface area contributed by atoms with Crippen LogP contribution >= 0.6 is 0 Å². The lowest BCUT2D eigenvalue weighted by Crippen LogP contribution is -2.63. The Hall–Kier alpha value is -0.120. The second-order valence-corrected chi connectivity index (χ2v) is 7.14. The van der Waals surface area contributed by atoms with E-state index in [2.05, 4.69) is 33.0 Å². The van der Waals surface area contributed by atoms with E-state index in [-0.39, 0.29) is 6.10 Å². The number of methoxy groups -OCH3 is 1. The molecule has 2 aliphatic carbocycles. The van der Waals surface area contributed by atoms with Crippen molar-refractivity contribution in [2.75, 3.05) is 13.7 Å². The van der Waals surface area contributed by atoms with Crippen LogP contribution in [0.2, 0.25) is 0 Å². The van der Waals surface area contributed by atoms with Gasteiger partial charge in [0.25, 0.3) is 0 Å². The molecule has 0 radical (unpaired) electrons. The summed E-state index contributed by atoms with van der Waals surface area (Å²) in [4.78, 5) is 0. The predicted molar refractivity (Wildman–Crippen MR) is 82.9 cm³/mol. The Kier molecular flexibility index (Phi) is 5.88. The summed E-state index contributed by atoms with van der Waals surface area (Å²) in [6.45, 7) is 9.97. The summed E-state index contributed by atoms with van der Waals surface area (Å²) in [7, 11) is 1.81. The second-order valence-electron chi connectivity index (χ2n) is 7.14. The van der Waals surface area contributed by atoms with E-state index in [1.54, 1.807) is 0 Å². The summed E-state index contributed by atoms with van der Waals surface area (Å²) < 4.78 is 11.4. The molecule has 0 aliphatic heterocycles. The van der Waals surface area contributed by atoms with Gasteiger partial charge in [-0.05, 0) is 43.9 Å². The molecule has 20 heavy (non-hydrogen) atoms. The summed E-state index contributed by atoms with van der Waals surface area (Å²) in [6, 6.07) is 1.14. The van der Waals surface area contributed by atoms with E-state index in [0.29, 0.717) is 18.2 Å². The van der Waals surface area contributed by atoms with Crippen molar-refractivity contribution in [2.24, 2.45) is 17.8 Å². The van der Waals surface area contributed by atoms with Gasteiger partial charge in [0.1, 0.15) is 0 Å². The van der Waals surface area contributed by atoms with Crippen molar-refractivity contribution < 1.29 is 9.47 Å². The monoisotopic (exact) mass is 283 g/mol. The lowest BCUT2D eigenvalue weighted by Gasteiger charge is -2.48. The zero-order valence-corrected chi connectivity index (χ0v) is 13.9. The first kappa shape index (κ1) is 16.3. The van der Waals surface area contributed by atoms with Crippen molar-refractivity contribution in [3.63, 3.8) is 0 Å². The molecule has 0 amide bonds. The molecule has 0 aromatic carbocycles. The molecule has 3 nitrogen and oxygen atoms in total. The molecule has 6 atom stereocenters. The van der Waals surface area contributed by atoms with Crippen molar-refractivity contribution in [2.45, 2.75) is 77.7 Å². The normalized spacial score (nSPS) is 41.7. The number of hydrogen-bond donors (Lipinski definition) is 1. The molecule has 118 valence electrons. The van der Waals surface area contributed by atoms with E-state index in [1.165, 1.54) is 19.3 Å². The first-order valence-electron chi connectivity index (χ1n) is 8.47. The molecule has 0 spiro atoms. The molecule has 0 aromatic heterocycles. The Morgan fingerprint density at radius 1 is 1.15 bits per heavy atom. The van der Waals surface area contributed by atoms with Crippen molar-refractivity contribution in [1.82, 2.24) is 5.32 Å². The summed E-state index contributed by atoms with van der Waals surface area (Å²) in [5, 5.41) is 3.90. The highest BCUT2D eigenvalue weighted by molar-refractivity contribution is 5.00. The quantitative estimate of drug-likeness (QED) is 0.812. The molecule has 3 heteroatoms. The summed E-state index contributed by atoms with van der Waals surface area (Å²) in [5.41, 5.74) is 0. The van der Waals surface area contributed by atoms with Crippen molar-refractivity contribution in [1.29, 1.82) is 0 Å². The fourth-order valence-corrected chi connectivity index (χ4v) is 4.11. The number of ether oxygens (including phenoxy) is 2. The van der Waals surface area contributed by atoms with Gasteiger partial charge in [-0.3, -0.25) is 0 Å². The van der Waals surface area contributed by atoms with E-state index in [1.807, 2.05) is 7.11 Å². The molecule has 2 fully saturated rings. The van der Waals surface area contributed by atoms with Gasteiger partial charge in [0, 0.05) is 25.8 Å². The molecule has 2 rings (SSSR count). The Labute approximate surface area is 124 Å². The fraction of sp³-hybridized carbons (Fsp3) is 1.00. The third-order valence-corrected chi connectivity index (χ3v) is 5.35. The highest BCUT2D eigenvalue weighted by Gasteiger charge is 2.44. The summed E-state index contributed by atoms with van der Waals surface area (Å²) >= 11 is 0. The van der Waals surface area contributed by atoms with E-state index >= 15 is 0 Å². The molecular formula is C17H33NO2. The molecule has 1 N–H and O–H groups in total. The SMILES string of the molecule is CCOC1CC(NC2CC(C)CCC2C(C)C)C1OC. The maximum atomic E-state index is 5.73. The van der Waals surface area contributed by atoms with Crippen molar-refractivity contribution in [3.8, 4) is 0 Å². The van der Waals surface area contributed by atoms with Crippen molar-refractivity contribution >= 4 is 0 Å². The van der Waals surface area contributed by atoms with Gasteiger partial charge >= 0.3 is 0 Å². The van der Waals surface area contributed by atoms with Crippen LogP contribution < -0.4 is 5.32 Å². The molecule has 2 saturated carbocycles. The van der Waals surface area contributed by atoms with Gasteiger partial charge in [-0.1, -0.05) is 27.2 Å². The second kappa shape index (κ2) is 7.24. The molecular weight excluding hydrogens is 250 g/mol. The van der Waals surface area contributed by atoms with E-state index < -0.39 is 0 Å². The van der Waals surface area contributed by atoms with E-state index in [0.717, 1.165) is 30.8 Å². The van der Waals surface area contributed by atoms with Gasteiger partial charge in [-0.25, -0.2) is 0 Å². The predicted octanol–water partition coefficient (Wildman–Crippen LogP) is 3.23. The van der Waals surface area contributed by atoms with Gasteiger partial charge in [0.2, 0.25) is 0 Å². The topological polar surface area (TPSA) is 30.5 Å². The van der Waals surface area contributed by atoms with E-state index in [9.17, 15) is 0 Å². The number of rotatable bonds is 6. The van der Waals surface area contributed by atoms with Crippen LogP contribution in [0.3, 0.4) is 0 Å². The van der Waals surface area contributed by atoms with Crippen LogP contribution in [-0.4, -0.2) is 38.0 Å². The van der Waals surface area contributed by atoms with Crippen LogP contribution in [0, 0.1) is 17.8 Å². The Morgan fingerprint density at radius 3 is 2.50 bits per heavy atom. The third kappa shape index (κ3) is 3.55. The van der Waals surface area contributed by atoms with Gasteiger partial charge < -0.3 is 14.8 Å². The fourth-order valence-electron chi connectivity index (χ4n) is 4.11. The first-order chi connectivity index (χ1) is 9.56. The Balaban J connectivity index is 1.90. The minimum absolute atomic E-state index is 0.236. The molecule has 0 heterocycles. The number of hydrogen-bond acceptors (Lipinski definition) is 3. The Morgan fingerprint density at radius 2 is 1.90 bits per heavy atom. The van der Waals surface area contributed by atoms with Crippen LogP contribution in [0.1, 0.15) is 53.4 Å². The van der Waals surface area contributed by atoms with Crippen LogP contribution in [0.5, 0.6) is 0 Å². The molecule has 0 saturated heterocycles.